The highest BCUT2D eigenvalue weighted by molar-refractivity contribution is 5.80. The normalized spacial score (nSPS) is 16.9. The molecule has 1 aliphatic rings. The number of hydrogen-bond acceptors (Lipinski definition) is 4. The van der Waals surface area contributed by atoms with Gasteiger partial charge in [-0.25, -0.2) is 9.78 Å². The number of carbonyl (C=O) groups excluding carboxylic acids is 1. The SMILES string of the molecule is O=C(OCc1ccccc1)N1CCCC1Cc1cn([O-])c2ncccc12. The second kappa shape index (κ2) is 7.07. The van der Waals surface area contributed by atoms with Gasteiger partial charge in [0.2, 0.25) is 0 Å². The van der Waals surface area contributed by atoms with Gasteiger partial charge >= 0.3 is 6.09 Å². The molecule has 4 rings (SSSR count). The molecule has 0 bridgehead atoms. The molecule has 3 heterocycles. The average molecular weight is 350 g/mol. The minimum absolute atomic E-state index is 0.0454. The Hall–Kier alpha value is -3.02. The van der Waals surface area contributed by atoms with Crippen LogP contribution in [0.5, 0.6) is 0 Å². The zero-order chi connectivity index (χ0) is 17.9. The topological polar surface area (TPSA) is 70.4 Å². The highest BCUT2D eigenvalue weighted by Gasteiger charge is 2.30. The predicted molar refractivity (Wildman–Crippen MR) is 98.6 cm³/mol. The molecule has 1 aliphatic heterocycles. The Labute approximate surface area is 151 Å². The number of carbonyl (C=O) groups is 1. The highest BCUT2D eigenvalue weighted by atomic mass is 16.6. The van der Waals surface area contributed by atoms with E-state index >= 15 is 0 Å². The van der Waals surface area contributed by atoms with Gasteiger partial charge < -0.3 is 19.6 Å². The summed E-state index contributed by atoms with van der Waals surface area (Å²) in [5, 5.41) is 12.9. The molecule has 0 radical (unpaired) electrons. The standard InChI is InChI=1S/C20H20N3O3/c24-20(26-14-15-6-2-1-3-7-15)22-11-5-8-17(22)12-16-13-23(25)19-18(16)9-4-10-21-19/h1-4,6-7,9-10,13,17H,5,8,11-12,14H2/q-1. The fourth-order valence-corrected chi connectivity index (χ4v) is 3.60. The fraction of sp³-hybridized carbons (Fsp3) is 0.300. The van der Waals surface area contributed by atoms with Gasteiger partial charge in [0.15, 0.2) is 0 Å². The van der Waals surface area contributed by atoms with Gasteiger partial charge in [-0.1, -0.05) is 30.3 Å². The summed E-state index contributed by atoms with van der Waals surface area (Å²) in [7, 11) is 0. The predicted octanol–water partition coefficient (Wildman–Crippen LogP) is 3.73. The van der Waals surface area contributed by atoms with Crippen molar-refractivity contribution in [2.24, 2.45) is 0 Å². The summed E-state index contributed by atoms with van der Waals surface area (Å²) in [5.41, 5.74) is 2.33. The molecular formula is C20H20N3O3-. The van der Waals surface area contributed by atoms with Crippen molar-refractivity contribution in [3.63, 3.8) is 0 Å². The van der Waals surface area contributed by atoms with Crippen LogP contribution in [-0.4, -0.2) is 33.3 Å². The third-order valence-corrected chi connectivity index (χ3v) is 4.89. The molecule has 0 spiro atoms. The maximum absolute atomic E-state index is 12.5. The number of amides is 1. The van der Waals surface area contributed by atoms with Crippen molar-refractivity contribution in [3.8, 4) is 0 Å². The number of rotatable bonds is 4. The monoisotopic (exact) mass is 350 g/mol. The summed E-state index contributed by atoms with van der Waals surface area (Å²) in [6.45, 7) is 0.958. The molecule has 6 heteroatoms. The maximum atomic E-state index is 12.5. The van der Waals surface area contributed by atoms with Gasteiger partial charge in [-0.2, -0.15) is 0 Å². The molecule has 1 amide bonds. The summed E-state index contributed by atoms with van der Waals surface area (Å²) in [5.74, 6) is 0. The number of ether oxygens (including phenoxy) is 1. The van der Waals surface area contributed by atoms with Crippen LogP contribution in [0.3, 0.4) is 0 Å². The second-order valence-electron chi connectivity index (χ2n) is 6.59. The molecule has 1 aromatic carbocycles. The van der Waals surface area contributed by atoms with Crippen molar-refractivity contribution in [3.05, 3.63) is 71.2 Å². The third kappa shape index (κ3) is 3.22. The van der Waals surface area contributed by atoms with Crippen LogP contribution < -0.4 is 0 Å². The van der Waals surface area contributed by atoms with Gasteiger partial charge in [-0.3, -0.25) is 0 Å². The summed E-state index contributed by atoms with van der Waals surface area (Å²) in [6.07, 6.45) is 5.39. The summed E-state index contributed by atoms with van der Waals surface area (Å²) >= 11 is 0. The van der Waals surface area contributed by atoms with E-state index in [9.17, 15) is 10.0 Å². The lowest BCUT2D eigenvalue weighted by molar-refractivity contribution is 0.0921. The van der Waals surface area contributed by atoms with Crippen molar-refractivity contribution in [2.75, 3.05) is 6.54 Å². The number of aromatic nitrogens is 2. The minimum atomic E-state index is -0.291. The van der Waals surface area contributed by atoms with Gasteiger partial charge in [0.05, 0.1) is 0 Å². The van der Waals surface area contributed by atoms with Crippen LogP contribution in [0.4, 0.5) is 4.79 Å². The molecule has 6 nitrogen and oxygen atoms in total. The molecule has 1 atom stereocenters. The minimum Gasteiger partial charge on any atom is -0.805 e. The molecule has 134 valence electrons. The first kappa shape index (κ1) is 16.4. The molecule has 0 aliphatic carbocycles. The number of fused-ring (bicyclic) bond motifs is 1. The lowest BCUT2D eigenvalue weighted by Crippen LogP contribution is -2.37. The van der Waals surface area contributed by atoms with E-state index in [2.05, 4.69) is 4.98 Å². The Bertz CT molecular complexity index is 907. The Kier molecular flexibility index (Phi) is 4.48. The molecule has 0 N–H and O–H groups in total. The molecule has 1 unspecified atom stereocenters. The maximum Gasteiger partial charge on any atom is 0.410 e. The lowest BCUT2D eigenvalue weighted by Gasteiger charge is -2.24. The van der Waals surface area contributed by atoms with Crippen LogP contribution >= 0.6 is 0 Å². The third-order valence-electron chi connectivity index (χ3n) is 4.89. The fourth-order valence-electron chi connectivity index (χ4n) is 3.60. The molecule has 3 aromatic rings. The van der Waals surface area contributed by atoms with Crippen molar-refractivity contribution >= 4 is 17.1 Å². The van der Waals surface area contributed by atoms with Crippen LogP contribution in [0.1, 0.15) is 24.0 Å². The number of pyridine rings is 1. The smallest absolute Gasteiger partial charge is 0.410 e. The largest absolute Gasteiger partial charge is 0.805 e. The first-order valence-corrected chi connectivity index (χ1v) is 8.82. The Morgan fingerprint density at radius 2 is 2.08 bits per heavy atom. The number of likely N-dealkylation sites (tertiary alicyclic amines) is 1. The first-order chi connectivity index (χ1) is 12.7. The van der Waals surface area contributed by atoms with E-state index in [0.29, 0.717) is 18.6 Å². The number of benzene rings is 1. The van der Waals surface area contributed by atoms with Crippen LogP contribution in [0.2, 0.25) is 0 Å². The molecule has 1 saturated heterocycles. The summed E-state index contributed by atoms with van der Waals surface area (Å²) in [6, 6.07) is 13.4. The van der Waals surface area contributed by atoms with Gasteiger partial charge in [-0.15, -0.1) is 0 Å². The second-order valence-corrected chi connectivity index (χ2v) is 6.59. The molecule has 26 heavy (non-hydrogen) atoms. The van der Waals surface area contributed by atoms with Crippen LogP contribution in [-0.2, 0) is 17.8 Å². The Morgan fingerprint density at radius 3 is 2.92 bits per heavy atom. The zero-order valence-corrected chi connectivity index (χ0v) is 14.4. The first-order valence-electron chi connectivity index (χ1n) is 8.82. The zero-order valence-electron chi connectivity index (χ0n) is 14.4. The highest BCUT2D eigenvalue weighted by Crippen LogP contribution is 2.26. The van der Waals surface area contributed by atoms with Gasteiger partial charge in [0.1, 0.15) is 12.3 Å². The van der Waals surface area contributed by atoms with E-state index in [0.717, 1.165) is 34.1 Å². The van der Waals surface area contributed by atoms with Gasteiger partial charge in [-0.05, 0) is 42.5 Å². The molecule has 1 fully saturated rings. The number of hydrogen-bond donors (Lipinski definition) is 0. The average Bonchev–Trinajstić information content (AvgIpc) is 3.26. The van der Waals surface area contributed by atoms with Gasteiger partial charge in [0.25, 0.3) is 0 Å². The van der Waals surface area contributed by atoms with Crippen molar-refractivity contribution in [2.45, 2.75) is 31.9 Å². The quantitative estimate of drug-likeness (QED) is 0.719. The van der Waals surface area contributed by atoms with E-state index in [1.54, 1.807) is 17.3 Å². The van der Waals surface area contributed by atoms with E-state index < -0.39 is 0 Å². The van der Waals surface area contributed by atoms with Gasteiger partial charge in [0, 0.05) is 30.4 Å². The molecule has 2 aromatic heterocycles. The Morgan fingerprint density at radius 1 is 1.23 bits per heavy atom. The van der Waals surface area contributed by atoms with E-state index in [1.165, 1.54) is 0 Å². The van der Waals surface area contributed by atoms with Crippen molar-refractivity contribution in [1.29, 1.82) is 0 Å². The van der Waals surface area contributed by atoms with E-state index in [1.807, 2.05) is 42.5 Å². The Balaban J connectivity index is 1.45. The van der Waals surface area contributed by atoms with Crippen LogP contribution in [0.25, 0.3) is 11.0 Å². The van der Waals surface area contributed by atoms with E-state index in [4.69, 9.17) is 4.74 Å². The molecule has 0 saturated carbocycles. The van der Waals surface area contributed by atoms with Crippen LogP contribution in [0.15, 0.2) is 54.9 Å². The number of nitrogens with zero attached hydrogens (tertiary/aromatic N) is 3. The van der Waals surface area contributed by atoms with Crippen LogP contribution in [0, 0.1) is 5.21 Å². The molecular weight excluding hydrogens is 330 g/mol. The summed E-state index contributed by atoms with van der Waals surface area (Å²) < 4.78 is 6.28. The van der Waals surface area contributed by atoms with Crippen molar-refractivity contribution < 1.29 is 9.53 Å². The van der Waals surface area contributed by atoms with E-state index in [-0.39, 0.29) is 18.7 Å². The van der Waals surface area contributed by atoms with Crippen molar-refractivity contribution in [1.82, 2.24) is 14.6 Å². The summed E-state index contributed by atoms with van der Waals surface area (Å²) in [4.78, 5) is 18.4. The lowest BCUT2D eigenvalue weighted by atomic mass is 10.0.